The fourth-order valence-electron chi connectivity index (χ4n) is 2.63. The third-order valence-electron chi connectivity index (χ3n) is 4.56. The van der Waals surface area contributed by atoms with Gasteiger partial charge in [0.15, 0.2) is 11.5 Å². The molecule has 0 saturated heterocycles. The maximum Gasteiger partial charge on any atom is 0.336 e. The van der Waals surface area contributed by atoms with Crippen molar-refractivity contribution in [3.63, 3.8) is 0 Å². The predicted molar refractivity (Wildman–Crippen MR) is 125 cm³/mol. The highest BCUT2D eigenvalue weighted by Gasteiger charge is 2.22. The molecule has 2 atom stereocenters. The zero-order chi connectivity index (χ0) is 23.0. The summed E-state index contributed by atoms with van der Waals surface area (Å²) in [5.41, 5.74) is 1.36. The molecule has 6 nitrogen and oxygen atoms in total. The number of carboxylic acid groups (broad SMARTS) is 1. The van der Waals surface area contributed by atoms with Gasteiger partial charge in [-0.3, -0.25) is 4.99 Å². The molecular weight excluding hydrogens is 486 g/mol. The van der Waals surface area contributed by atoms with Crippen LogP contribution in [0.15, 0.2) is 51.9 Å². The summed E-state index contributed by atoms with van der Waals surface area (Å²) in [5, 5.41) is 9.51. The highest BCUT2D eigenvalue weighted by molar-refractivity contribution is 9.10. The van der Waals surface area contributed by atoms with E-state index < -0.39 is 18.0 Å². The summed E-state index contributed by atoms with van der Waals surface area (Å²) in [6, 6.07) is 9.66. The lowest BCUT2D eigenvalue weighted by atomic mass is 10.00. The molecule has 2 rings (SSSR count). The topological polar surface area (TPSA) is 85.2 Å². The molecule has 8 heteroatoms. The first-order chi connectivity index (χ1) is 14.7. The van der Waals surface area contributed by atoms with E-state index in [4.69, 9.17) is 21.1 Å². The quantitative estimate of drug-likeness (QED) is 0.205. The Balaban J connectivity index is 2.20. The van der Waals surface area contributed by atoms with E-state index in [0.717, 1.165) is 10.0 Å². The van der Waals surface area contributed by atoms with Gasteiger partial charge in [0.2, 0.25) is 0 Å². The van der Waals surface area contributed by atoms with Gasteiger partial charge in [0.05, 0.1) is 12.1 Å². The van der Waals surface area contributed by atoms with Gasteiger partial charge in [0.25, 0.3) is 0 Å². The van der Waals surface area contributed by atoms with Crippen LogP contribution >= 0.6 is 27.5 Å². The van der Waals surface area contributed by atoms with Crippen LogP contribution in [-0.2, 0) is 9.59 Å². The summed E-state index contributed by atoms with van der Waals surface area (Å²) in [4.78, 5) is 27.8. The average molecular weight is 509 g/mol. The van der Waals surface area contributed by atoms with Crippen LogP contribution in [0.3, 0.4) is 0 Å². The number of esters is 1. The first-order valence-corrected chi connectivity index (χ1v) is 10.7. The van der Waals surface area contributed by atoms with E-state index in [2.05, 4.69) is 20.9 Å². The number of methoxy groups -OCH3 is 1. The monoisotopic (exact) mass is 507 g/mol. The largest absolute Gasteiger partial charge is 0.493 e. The first kappa shape index (κ1) is 24.6. The molecule has 0 bridgehead atoms. The Morgan fingerprint density at radius 3 is 2.48 bits per heavy atom. The third-order valence-corrected chi connectivity index (χ3v) is 5.37. The van der Waals surface area contributed by atoms with Gasteiger partial charge in [-0.1, -0.05) is 59.9 Å². The SMILES string of the molecule is CCC(C)C(N=Cc1cc(Cl)c(OC(=O)/C=C/c2ccc(Br)cc2)c(OC)c1)C(=O)O. The molecule has 0 radical (unpaired) electrons. The number of benzene rings is 2. The van der Waals surface area contributed by atoms with Crippen molar-refractivity contribution in [1.29, 1.82) is 0 Å². The van der Waals surface area contributed by atoms with Crippen molar-refractivity contribution >= 4 is 51.8 Å². The summed E-state index contributed by atoms with van der Waals surface area (Å²) in [6.07, 6.45) is 5.02. The Bertz CT molecular complexity index is 988. The van der Waals surface area contributed by atoms with Crippen molar-refractivity contribution in [2.24, 2.45) is 10.9 Å². The zero-order valence-corrected chi connectivity index (χ0v) is 19.7. The van der Waals surface area contributed by atoms with E-state index in [9.17, 15) is 14.7 Å². The smallest absolute Gasteiger partial charge is 0.336 e. The van der Waals surface area contributed by atoms with Gasteiger partial charge in [-0.15, -0.1) is 0 Å². The predicted octanol–water partition coefficient (Wildman–Crippen LogP) is 5.65. The van der Waals surface area contributed by atoms with Crippen LogP contribution in [0.4, 0.5) is 0 Å². The molecule has 0 saturated carbocycles. The van der Waals surface area contributed by atoms with Gasteiger partial charge < -0.3 is 14.6 Å². The highest BCUT2D eigenvalue weighted by atomic mass is 79.9. The molecule has 0 aliphatic heterocycles. The molecule has 164 valence electrons. The summed E-state index contributed by atoms with van der Waals surface area (Å²) in [6.45, 7) is 3.73. The maximum atomic E-state index is 12.2. The first-order valence-electron chi connectivity index (χ1n) is 9.54. The number of rotatable bonds is 9. The maximum absolute atomic E-state index is 12.2. The molecule has 1 N–H and O–H groups in total. The number of aliphatic imine (C=N–C) groups is 1. The van der Waals surface area contributed by atoms with Crippen LogP contribution in [-0.4, -0.2) is 36.4 Å². The number of carbonyl (C=O) groups excluding carboxylic acids is 1. The van der Waals surface area contributed by atoms with Crippen LogP contribution in [0.25, 0.3) is 6.08 Å². The molecular formula is C23H23BrClNO5. The van der Waals surface area contributed by atoms with Crippen LogP contribution in [0, 0.1) is 5.92 Å². The Morgan fingerprint density at radius 1 is 1.23 bits per heavy atom. The molecule has 2 aromatic rings. The van der Waals surface area contributed by atoms with Crippen LogP contribution in [0.2, 0.25) is 5.02 Å². The van der Waals surface area contributed by atoms with Gasteiger partial charge in [-0.05, 0) is 47.4 Å². The van der Waals surface area contributed by atoms with Crippen molar-refractivity contribution in [3.8, 4) is 11.5 Å². The molecule has 0 aliphatic rings. The fraction of sp³-hybridized carbons (Fsp3) is 0.261. The fourth-order valence-corrected chi connectivity index (χ4v) is 3.15. The molecule has 0 aliphatic carbocycles. The van der Waals surface area contributed by atoms with E-state index in [0.29, 0.717) is 12.0 Å². The van der Waals surface area contributed by atoms with E-state index in [-0.39, 0.29) is 22.4 Å². The van der Waals surface area contributed by atoms with Gasteiger partial charge in [-0.2, -0.15) is 0 Å². The van der Waals surface area contributed by atoms with Gasteiger partial charge in [-0.25, -0.2) is 9.59 Å². The number of hydrogen-bond acceptors (Lipinski definition) is 5. The summed E-state index contributed by atoms with van der Waals surface area (Å²) < 4.78 is 11.6. The molecule has 0 aromatic heterocycles. The van der Waals surface area contributed by atoms with Gasteiger partial charge in [0.1, 0.15) is 6.04 Å². The average Bonchev–Trinajstić information content (AvgIpc) is 2.74. The van der Waals surface area contributed by atoms with E-state index in [1.807, 2.05) is 38.1 Å². The Morgan fingerprint density at radius 2 is 1.90 bits per heavy atom. The lowest BCUT2D eigenvalue weighted by Crippen LogP contribution is -2.25. The molecule has 0 amide bonds. The molecule has 31 heavy (non-hydrogen) atoms. The van der Waals surface area contributed by atoms with E-state index in [1.54, 1.807) is 12.1 Å². The van der Waals surface area contributed by atoms with Crippen molar-refractivity contribution in [2.75, 3.05) is 7.11 Å². The number of aliphatic carboxylic acids is 1. The Labute approximate surface area is 194 Å². The summed E-state index contributed by atoms with van der Waals surface area (Å²) >= 11 is 9.65. The minimum atomic E-state index is -0.994. The Hall–Kier alpha value is -2.64. The van der Waals surface area contributed by atoms with Crippen molar-refractivity contribution in [3.05, 3.63) is 63.1 Å². The number of ether oxygens (including phenoxy) is 2. The van der Waals surface area contributed by atoms with Crippen LogP contribution < -0.4 is 9.47 Å². The standard InChI is InChI=1S/C23H23BrClNO5/c1-4-14(2)21(23(28)29)26-13-16-11-18(25)22(19(12-16)30-3)31-20(27)10-7-15-5-8-17(24)9-6-15/h5-14,21H,4H2,1-3H3,(H,28,29)/b10-7+,26-13?. The second kappa shape index (κ2) is 11.7. The van der Waals surface area contributed by atoms with E-state index in [1.165, 1.54) is 25.5 Å². The second-order valence-corrected chi connectivity index (χ2v) is 8.11. The van der Waals surface area contributed by atoms with Gasteiger partial charge >= 0.3 is 11.9 Å². The zero-order valence-electron chi connectivity index (χ0n) is 17.3. The van der Waals surface area contributed by atoms with Gasteiger partial charge in [0, 0.05) is 16.8 Å². The number of carbonyl (C=O) groups is 2. The highest BCUT2D eigenvalue weighted by Crippen LogP contribution is 2.36. The molecule has 2 aromatic carbocycles. The Kier molecular flexibility index (Phi) is 9.27. The summed E-state index contributed by atoms with van der Waals surface area (Å²) in [5.74, 6) is -1.43. The lowest BCUT2D eigenvalue weighted by Gasteiger charge is -2.14. The van der Waals surface area contributed by atoms with Crippen molar-refractivity contribution < 1.29 is 24.2 Å². The second-order valence-electron chi connectivity index (χ2n) is 6.79. The lowest BCUT2D eigenvalue weighted by molar-refractivity contribution is -0.139. The third kappa shape index (κ3) is 7.22. The number of hydrogen-bond donors (Lipinski definition) is 1. The van der Waals surface area contributed by atoms with Crippen LogP contribution in [0.5, 0.6) is 11.5 Å². The minimum Gasteiger partial charge on any atom is -0.493 e. The molecule has 0 spiro atoms. The summed E-state index contributed by atoms with van der Waals surface area (Å²) in [7, 11) is 1.42. The van der Waals surface area contributed by atoms with E-state index >= 15 is 0 Å². The van der Waals surface area contributed by atoms with Crippen molar-refractivity contribution in [2.45, 2.75) is 26.3 Å². The molecule has 0 fully saturated rings. The number of halogens is 2. The van der Waals surface area contributed by atoms with Crippen molar-refractivity contribution in [1.82, 2.24) is 0 Å². The molecule has 2 unspecified atom stereocenters. The van der Waals surface area contributed by atoms with Crippen LogP contribution in [0.1, 0.15) is 31.4 Å². The number of carboxylic acids is 1. The molecule has 0 heterocycles. The minimum absolute atomic E-state index is 0.0727. The number of nitrogens with zero attached hydrogens (tertiary/aromatic N) is 1. The normalized spacial score (nSPS) is 13.3.